The largest absolute Gasteiger partial charge is 0.466 e. The molecule has 4 N–H and O–H groups in total. The first kappa shape index (κ1) is 23.2. The van der Waals surface area contributed by atoms with Gasteiger partial charge in [0.05, 0.1) is 31.3 Å². The highest BCUT2D eigenvalue weighted by Gasteiger charge is 2.44. The lowest BCUT2D eigenvalue weighted by molar-refractivity contribution is -0.139. The van der Waals surface area contributed by atoms with Crippen LogP contribution in [0.15, 0.2) is 71.2 Å². The van der Waals surface area contributed by atoms with E-state index >= 15 is 0 Å². The van der Waals surface area contributed by atoms with Gasteiger partial charge in [-0.05, 0) is 35.9 Å². The third-order valence-electron chi connectivity index (χ3n) is 4.89. The first-order valence-electron chi connectivity index (χ1n) is 9.22. The van der Waals surface area contributed by atoms with Gasteiger partial charge in [-0.3, -0.25) is 9.69 Å². The topological polar surface area (TPSA) is 125 Å². The third kappa shape index (κ3) is 4.15. The summed E-state index contributed by atoms with van der Waals surface area (Å²) in [7, 11) is 2.31. The highest BCUT2D eigenvalue weighted by Crippen LogP contribution is 2.43. The average molecular weight is 476 g/mol. The summed E-state index contributed by atoms with van der Waals surface area (Å²) in [5.74, 6) is -3.91. The van der Waals surface area contributed by atoms with Crippen molar-refractivity contribution in [3.05, 3.63) is 86.8 Å². The number of amides is 1. The number of esters is 2. The first-order valence-corrected chi connectivity index (χ1v) is 9.98. The van der Waals surface area contributed by atoms with Crippen molar-refractivity contribution in [3.63, 3.8) is 0 Å². The predicted octanol–water partition coefficient (Wildman–Crippen LogP) is 2.85. The monoisotopic (exact) mass is 475 g/mol. The van der Waals surface area contributed by atoms with E-state index in [0.29, 0.717) is 21.3 Å². The number of ether oxygens (including phenoxy) is 2. The number of rotatable bonds is 5. The van der Waals surface area contributed by atoms with Crippen LogP contribution in [0.4, 0.5) is 5.69 Å². The number of hydrogen-bond acceptors (Lipinski definition) is 7. The molecule has 1 aliphatic rings. The Morgan fingerprint density at radius 2 is 1.53 bits per heavy atom. The van der Waals surface area contributed by atoms with Crippen molar-refractivity contribution in [2.24, 2.45) is 11.5 Å². The number of methoxy groups -OCH3 is 2. The molecule has 2 aromatic carbocycles. The SMILES string of the molecule is COC(=O)C1=C(C(=O)OC)N(c2cccc(Cl)c2)C(N)=C(C(N)=O)C1c1ccc(Cl)cc1. The van der Waals surface area contributed by atoms with E-state index in [4.69, 9.17) is 44.1 Å². The van der Waals surface area contributed by atoms with Crippen molar-refractivity contribution in [1.82, 2.24) is 0 Å². The second-order valence-electron chi connectivity index (χ2n) is 6.71. The summed E-state index contributed by atoms with van der Waals surface area (Å²) in [6.45, 7) is 0. The molecule has 0 aromatic heterocycles. The first-order chi connectivity index (χ1) is 15.2. The molecule has 1 heterocycles. The Kier molecular flexibility index (Phi) is 6.76. The summed E-state index contributed by atoms with van der Waals surface area (Å²) in [5, 5.41) is 0.763. The van der Waals surface area contributed by atoms with Gasteiger partial charge >= 0.3 is 11.9 Å². The molecule has 1 aliphatic heterocycles. The maximum atomic E-state index is 13.0. The Hall–Kier alpha value is -3.49. The summed E-state index contributed by atoms with van der Waals surface area (Å²) in [6, 6.07) is 12.7. The van der Waals surface area contributed by atoms with Gasteiger partial charge in [0, 0.05) is 15.7 Å². The van der Waals surface area contributed by atoms with E-state index in [1.165, 1.54) is 11.0 Å². The van der Waals surface area contributed by atoms with Gasteiger partial charge in [0.2, 0.25) is 5.91 Å². The quantitative estimate of drug-likeness (QED) is 0.636. The minimum Gasteiger partial charge on any atom is -0.466 e. The molecular formula is C22H19Cl2N3O5. The van der Waals surface area contributed by atoms with Crippen molar-refractivity contribution in [3.8, 4) is 0 Å². The number of anilines is 1. The molecule has 1 atom stereocenters. The van der Waals surface area contributed by atoms with E-state index in [-0.39, 0.29) is 22.7 Å². The zero-order chi connectivity index (χ0) is 23.6. The van der Waals surface area contributed by atoms with E-state index in [2.05, 4.69) is 0 Å². The van der Waals surface area contributed by atoms with Gasteiger partial charge in [-0.25, -0.2) is 9.59 Å². The number of hydrogen-bond donors (Lipinski definition) is 2. The molecule has 0 spiro atoms. The number of halogens is 2. The maximum absolute atomic E-state index is 13.0. The molecule has 1 amide bonds. The molecule has 0 fully saturated rings. The number of carbonyl (C=O) groups is 3. The fraction of sp³-hybridized carbons (Fsp3) is 0.136. The van der Waals surface area contributed by atoms with Crippen LogP contribution >= 0.6 is 23.2 Å². The Labute approximate surface area is 194 Å². The lowest BCUT2D eigenvalue weighted by atomic mass is 9.80. The van der Waals surface area contributed by atoms with Crippen LogP contribution < -0.4 is 16.4 Å². The van der Waals surface area contributed by atoms with Crippen LogP contribution in [-0.4, -0.2) is 32.1 Å². The molecule has 8 nitrogen and oxygen atoms in total. The highest BCUT2D eigenvalue weighted by molar-refractivity contribution is 6.31. The predicted molar refractivity (Wildman–Crippen MR) is 120 cm³/mol. The van der Waals surface area contributed by atoms with Crippen LogP contribution in [0.3, 0.4) is 0 Å². The van der Waals surface area contributed by atoms with Crippen molar-refractivity contribution >= 4 is 46.7 Å². The molecular weight excluding hydrogens is 457 g/mol. The van der Waals surface area contributed by atoms with Crippen LogP contribution in [0.2, 0.25) is 10.0 Å². The number of nitrogens with zero attached hydrogens (tertiary/aromatic N) is 1. The number of primary amides is 1. The van der Waals surface area contributed by atoms with E-state index in [1.54, 1.807) is 42.5 Å². The molecule has 0 radical (unpaired) electrons. The smallest absolute Gasteiger partial charge is 0.355 e. The van der Waals surface area contributed by atoms with Crippen LogP contribution in [0.1, 0.15) is 11.5 Å². The number of nitrogens with two attached hydrogens (primary N) is 2. The van der Waals surface area contributed by atoms with Crippen LogP contribution in [0, 0.1) is 0 Å². The maximum Gasteiger partial charge on any atom is 0.355 e. The van der Waals surface area contributed by atoms with Crippen LogP contribution in [0.25, 0.3) is 0 Å². The lowest BCUT2D eigenvalue weighted by Gasteiger charge is -2.37. The standard InChI is InChI=1S/C22H19Cl2N3O5/c1-31-21(29)16-15(11-6-8-12(23)9-7-11)17(20(26)28)19(25)27(18(16)22(30)32-2)14-5-3-4-13(24)10-14/h3-10,15H,25H2,1-2H3,(H2,26,28). The fourth-order valence-corrected chi connectivity index (χ4v) is 3.86. The summed E-state index contributed by atoms with van der Waals surface area (Å²) in [4.78, 5) is 39.7. The zero-order valence-corrected chi connectivity index (χ0v) is 18.6. The van der Waals surface area contributed by atoms with Gasteiger partial charge in [0.1, 0.15) is 11.5 Å². The van der Waals surface area contributed by atoms with Gasteiger partial charge in [-0.1, -0.05) is 41.4 Å². The van der Waals surface area contributed by atoms with E-state index in [1.807, 2.05) is 0 Å². The van der Waals surface area contributed by atoms with E-state index < -0.39 is 23.8 Å². The summed E-state index contributed by atoms with van der Waals surface area (Å²) < 4.78 is 9.91. The lowest BCUT2D eigenvalue weighted by Crippen LogP contribution is -2.43. The van der Waals surface area contributed by atoms with E-state index in [0.717, 1.165) is 14.2 Å². The summed E-state index contributed by atoms with van der Waals surface area (Å²) in [6.07, 6.45) is 0. The zero-order valence-electron chi connectivity index (χ0n) is 17.1. The van der Waals surface area contributed by atoms with Crippen molar-refractivity contribution in [1.29, 1.82) is 0 Å². The second kappa shape index (κ2) is 9.33. The fourth-order valence-electron chi connectivity index (χ4n) is 3.55. The summed E-state index contributed by atoms with van der Waals surface area (Å²) in [5.41, 5.74) is 12.3. The Balaban J connectivity index is 2.44. The molecule has 0 aliphatic carbocycles. The normalized spacial score (nSPS) is 16.1. The molecule has 10 heteroatoms. The van der Waals surface area contributed by atoms with Gasteiger partial charge in [-0.2, -0.15) is 0 Å². The minimum absolute atomic E-state index is 0.111. The molecule has 32 heavy (non-hydrogen) atoms. The Morgan fingerprint density at radius 3 is 2.06 bits per heavy atom. The highest BCUT2D eigenvalue weighted by atomic mass is 35.5. The molecule has 2 aromatic rings. The van der Waals surface area contributed by atoms with Gasteiger partial charge in [0.15, 0.2) is 0 Å². The second-order valence-corrected chi connectivity index (χ2v) is 7.58. The van der Waals surface area contributed by atoms with Crippen molar-refractivity contribution in [2.45, 2.75) is 5.92 Å². The number of benzene rings is 2. The number of carbonyl (C=O) groups excluding carboxylic acids is 3. The molecule has 1 unspecified atom stereocenters. The summed E-state index contributed by atoms with van der Waals surface area (Å²) >= 11 is 12.1. The molecule has 3 rings (SSSR count). The average Bonchev–Trinajstić information content (AvgIpc) is 2.77. The van der Waals surface area contributed by atoms with Crippen molar-refractivity contribution < 1.29 is 23.9 Å². The molecule has 0 bridgehead atoms. The molecule has 166 valence electrons. The van der Waals surface area contributed by atoms with Gasteiger partial charge < -0.3 is 20.9 Å². The molecule has 0 saturated heterocycles. The minimum atomic E-state index is -1.11. The molecule has 0 saturated carbocycles. The van der Waals surface area contributed by atoms with Crippen LogP contribution in [0.5, 0.6) is 0 Å². The van der Waals surface area contributed by atoms with E-state index in [9.17, 15) is 14.4 Å². The Bertz CT molecular complexity index is 1160. The third-order valence-corrected chi connectivity index (χ3v) is 5.38. The van der Waals surface area contributed by atoms with Gasteiger partial charge in [0.25, 0.3) is 0 Å². The van der Waals surface area contributed by atoms with Crippen LogP contribution in [-0.2, 0) is 23.9 Å². The van der Waals surface area contributed by atoms with Gasteiger partial charge in [-0.15, -0.1) is 0 Å². The Morgan fingerprint density at radius 1 is 0.906 bits per heavy atom. The van der Waals surface area contributed by atoms with Crippen molar-refractivity contribution in [2.75, 3.05) is 19.1 Å².